The van der Waals surface area contributed by atoms with Crippen molar-refractivity contribution in [1.29, 1.82) is 0 Å². The summed E-state index contributed by atoms with van der Waals surface area (Å²) in [5.74, 6) is 0.640. The smallest absolute Gasteiger partial charge is 0.225 e. The molecule has 0 atom stereocenters. The van der Waals surface area contributed by atoms with Crippen LogP contribution >= 0.6 is 11.3 Å². The molecule has 0 saturated carbocycles. The maximum atomic E-state index is 6.23. The van der Waals surface area contributed by atoms with Crippen LogP contribution in [0.5, 0.6) is 5.88 Å². The van der Waals surface area contributed by atoms with Gasteiger partial charge in [-0.3, -0.25) is 0 Å². The van der Waals surface area contributed by atoms with Crippen LogP contribution in [0.3, 0.4) is 0 Å². The van der Waals surface area contributed by atoms with Gasteiger partial charge >= 0.3 is 0 Å². The van der Waals surface area contributed by atoms with Crippen molar-refractivity contribution in [2.45, 2.75) is 39.2 Å². The minimum absolute atomic E-state index is 0.275. The highest BCUT2D eigenvalue weighted by Gasteiger charge is 2.22. The van der Waals surface area contributed by atoms with E-state index in [4.69, 9.17) is 10.5 Å². The van der Waals surface area contributed by atoms with Crippen LogP contribution < -0.4 is 10.5 Å². The van der Waals surface area contributed by atoms with Crippen LogP contribution in [-0.4, -0.2) is 22.1 Å². The Bertz CT molecular complexity index is 534. The molecule has 0 aliphatic heterocycles. The first-order chi connectivity index (χ1) is 8.58. The van der Waals surface area contributed by atoms with Gasteiger partial charge in [-0.1, -0.05) is 13.8 Å². The van der Waals surface area contributed by atoms with Crippen molar-refractivity contribution >= 4 is 21.6 Å². The number of aromatic nitrogens is 2. The summed E-state index contributed by atoms with van der Waals surface area (Å²) in [5.41, 5.74) is 5.95. The Morgan fingerprint density at radius 1 is 1.33 bits per heavy atom. The van der Waals surface area contributed by atoms with E-state index in [-0.39, 0.29) is 5.54 Å². The first-order valence-corrected chi connectivity index (χ1v) is 7.02. The zero-order chi connectivity index (χ0) is 13.2. The van der Waals surface area contributed by atoms with Gasteiger partial charge in [0, 0.05) is 10.4 Å². The van der Waals surface area contributed by atoms with Gasteiger partial charge in [0.1, 0.15) is 17.8 Å². The monoisotopic (exact) mass is 265 g/mol. The largest absolute Gasteiger partial charge is 0.475 e. The Balaban J connectivity index is 2.21. The van der Waals surface area contributed by atoms with Crippen LogP contribution in [0.1, 0.15) is 31.6 Å². The number of aryl methyl sites for hydroxylation is 1. The first kappa shape index (κ1) is 13.2. The van der Waals surface area contributed by atoms with Gasteiger partial charge in [0.05, 0.1) is 5.39 Å². The second kappa shape index (κ2) is 5.20. The minimum Gasteiger partial charge on any atom is -0.475 e. The lowest BCUT2D eigenvalue weighted by Crippen LogP contribution is -2.44. The van der Waals surface area contributed by atoms with Gasteiger partial charge in [0.2, 0.25) is 5.88 Å². The molecule has 2 heterocycles. The summed E-state index contributed by atoms with van der Waals surface area (Å²) >= 11 is 1.65. The normalized spacial score (nSPS) is 12.0. The summed E-state index contributed by atoms with van der Waals surface area (Å²) in [6.07, 6.45) is 3.32. The van der Waals surface area contributed by atoms with Gasteiger partial charge in [0.25, 0.3) is 0 Å². The van der Waals surface area contributed by atoms with Crippen LogP contribution in [0, 0.1) is 6.92 Å². The molecule has 0 fully saturated rings. The summed E-state index contributed by atoms with van der Waals surface area (Å²) < 4.78 is 5.81. The van der Waals surface area contributed by atoms with Gasteiger partial charge in [0.15, 0.2) is 0 Å². The van der Waals surface area contributed by atoms with E-state index in [0.29, 0.717) is 12.5 Å². The fourth-order valence-corrected chi connectivity index (χ4v) is 2.57. The number of hydrogen-bond donors (Lipinski definition) is 1. The van der Waals surface area contributed by atoms with E-state index in [9.17, 15) is 0 Å². The number of nitrogens with two attached hydrogens (primary N) is 1. The van der Waals surface area contributed by atoms with Crippen molar-refractivity contribution in [1.82, 2.24) is 9.97 Å². The Hall–Kier alpha value is -1.20. The third kappa shape index (κ3) is 2.62. The Labute approximate surface area is 111 Å². The van der Waals surface area contributed by atoms with E-state index in [2.05, 4.69) is 36.8 Å². The number of rotatable bonds is 5. The summed E-state index contributed by atoms with van der Waals surface area (Å²) in [6, 6.07) is 2.06. The molecule has 2 aromatic rings. The van der Waals surface area contributed by atoms with Crippen molar-refractivity contribution in [3.05, 3.63) is 17.3 Å². The van der Waals surface area contributed by atoms with Crippen molar-refractivity contribution in [2.75, 3.05) is 6.61 Å². The highest BCUT2D eigenvalue weighted by molar-refractivity contribution is 7.18. The zero-order valence-corrected chi connectivity index (χ0v) is 11.9. The topological polar surface area (TPSA) is 61.0 Å². The molecule has 0 radical (unpaired) electrons. The Morgan fingerprint density at radius 2 is 2.06 bits per heavy atom. The number of hydrogen-bond acceptors (Lipinski definition) is 5. The van der Waals surface area contributed by atoms with E-state index in [1.54, 1.807) is 17.7 Å². The highest BCUT2D eigenvalue weighted by atomic mass is 32.1. The molecule has 0 spiro atoms. The van der Waals surface area contributed by atoms with Gasteiger partial charge in [-0.05, 0) is 25.8 Å². The molecule has 0 amide bonds. The lowest BCUT2D eigenvalue weighted by atomic mass is 9.96. The molecule has 0 aliphatic rings. The van der Waals surface area contributed by atoms with Crippen LogP contribution in [0.15, 0.2) is 12.4 Å². The molecule has 0 bridgehead atoms. The minimum atomic E-state index is -0.275. The quantitative estimate of drug-likeness (QED) is 0.903. The molecule has 5 heteroatoms. The number of fused-ring (bicyclic) bond motifs is 1. The summed E-state index contributed by atoms with van der Waals surface area (Å²) in [7, 11) is 0. The van der Waals surface area contributed by atoms with Crippen LogP contribution in [0.4, 0.5) is 0 Å². The number of thiophene rings is 1. The third-order valence-electron chi connectivity index (χ3n) is 3.32. The molecular formula is C13H19N3OS. The van der Waals surface area contributed by atoms with Crippen molar-refractivity contribution in [3.8, 4) is 5.88 Å². The van der Waals surface area contributed by atoms with Gasteiger partial charge < -0.3 is 10.5 Å². The van der Waals surface area contributed by atoms with Crippen LogP contribution in [-0.2, 0) is 0 Å². The Morgan fingerprint density at radius 3 is 2.72 bits per heavy atom. The summed E-state index contributed by atoms with van der Waals surface area (Å²) in [5, 5.41) is 0.981. The maximum absolute atomic E-state index is 6.23. The van der Waals surface area contributed by atoms with Crippen LogP contribution in [0.2, 0.25) is 0 Å². The molecule has 4 nitrogen and oxygen atoms in total. The zero-order valence-electron chi connectivity index (χ0n) is 11.1. The molecule has 0 saturated heterocycles. The molecule has 18 heavy (non-hydrogen) atoms. The molecule has 2 N–H and O–H groups in total. The van der Waals surface area contributed by atoms with Gasteiger partial charge in [-0.15, -0.1) is 11.3 Å². The highest BCUT2D eigenvalue weighted by Crippen LogP contribution is 2.29. The predicted molar refractivity (Wildman–Crippen MR) is 75.1 cm³/mol. The van der Waals surface area contributed by atoms with E-state index in [1.807, 2.05) is 0 Å². The van der Waals surface area contributed by atoms with Crippen molar-refractivity contribution in [2.24, 2.45) is 5.73 Å². The average molecular weight is 265 g/mol. The molecule has 0 aliphatic carbocycles. The fraction of sp³-hybridized carbons (Fsp3) is 0.538. The lowest BCUT2D eigenvalue weighted by Gasteiger charge is -2.26. The van der Waals surface area contributed by atoms with E-state index in [1.165, 1.54) is 4.88 Å². The van der Waals surface area contributed by atoms with E-state index >= 15 is 0 Å². The average Bonchev–Trinajstić information content (AvgIpc) is 2.76. The molecule has 0 aromatic carbocycles. The molecular weight excluding hydrogens is 246 g/mol. The lowest BCUT2D eigenvalue weighted by molar-refractivity contribution is 0.203. The molecule has 2 aromatic heterocycles. The SMILES string of the molecule is CCC(N)(CC)COc1ncnc2sc(C)cc12. The number of nitrogens with zero attached hydrogens (tertiary/aromatic N) is 2. The van der Waals surface area contributed by atoms with E-state index < -0.39 is 0 Å². The third-order valence-corrected chi connectivity index (χ3v) is 4.28. The first-order valence-electron chi connectivity index (χ1n) is 6.21. The van der Waals surface area contributed by atoms with E-state index in [0.717, 1.165) is 23.1 Å². The van der Waals surface area contributed by atoms with Gasteiger partial charge in [-0.2, -0.15) is 0 Å². The Kier molecular flexibility index (Phi) is 3.82. The van der Waals surface area contributed by atoms with Gasteiger partial charge in [-0.25, -0.2) is 9.97 Å². The summed E-state index contributed by atoms with van der Waals surface area (Å²) in [4.78, 5) is 10.6. The van der Waals surface area contributed by atoms with Crippen molar-refractivity contribution < 1.29 is 4.74 Å². The maximum Gasteiger partial charge on any atom is 0.225 e. The second-order valence-corrected chi connectivity index (χ2v) is 5.85. The second-order valence-electron chi connectivity index (χ2n) is 4.61. The molecule has 0 unspecified atom stereocenters. The van der Waals surface area contributed by atoms with Crippen LogP contribution in [0.25, 0.3) is 10.2 Å². The van der Waals surface area contributed by atoms with Crippen molar-refractivity contribution in [3.63, 3.8) is 0 Å². The molecule has 98 valence electrons. The fourth-order valence-electron chi connectivity index (χ4n) is 1.74. The standard InChI is InChI=1S/C13H19N3OS/c1-4-13(14,5-2)7-17-11-10-6-9(3)18-12(10)16-8-15-11/h6,8H,4-5,7,14H2,1-3H3. The number of ether oxygens (including phenoxy) is 1. The summed E-state index contributed by atoms with van der Waals surface area (Å²) in [6.45, 7) is 6.71. The molecule has 2 rings (SSSR count). The predicted octanol–water partition coefficient (Wildman–Crippen LogP) is 2.90.